The molecule has 0 aromatic rings. The zero-order valence-corrected chi connectivity index (χ0v) is 18.4. The van der Waals surface area contributed by atoms with Crippen LogP contribution in [-0.2, 0) is 23.9 Å². The van der Waals surface area contributed by atoms with Gasteiger partial charge >= 0.3 is 12.1 Å². The molecule has 0 saturated heterocycles. The molecule has 0 radical (unpaired) electrons. The summed E-state index contributed by atoms with van der Waals surface area (Å²) >= 11 is 0. The quantitative estimate of drug-likeness (QED) is 0.557. The van der Waals surface area contributed by atoms with Crippen LogP contribution in [0.1, 0.15) is 68.7 Å². The number of carbonyl (C=O) groups is 4. The number of carbonyl (C=O) groups excluding carboxylic acids is 4. The first-order chi connectivity index (χ1) is 12.5. The van der Waals surface area contributed by atoms with Crippen molar-refractivity contribution < 1.29 is 28.7 Å². The highest BCUT2D eigenvalue weighted by Crippen LogP contribution is 2.09. The Bertz CT molecular complexity index is 577. The third kappa shape index (κ3) is 12.1. The Balaban J connectivity index is 4.44. The largest absolute Gasteiger partial charge is 0.458 e. The second-order valence-electron chi connectivity index (χ2n) is 8.80. The van der Waals surface area contributed by atoms with Crippen molar-refractivity contribution in [2.24, 2.45) is 0 Å². The molecule has 0 heterocycles. The van der Waals surface area contributed by atoms with Crippen molar-refractivity contribution in [2.45, 2.75) is 98.1 Å². The number of esters is 1. The fraction of sp³-hybridized carbons (Fsp3) is 0.789. The molecule has 0 spiro atoms. The zero-order valence-electron chi connectivity index (χ0n) is 18.4. The van der Waals surface area contributed by atoms with Crippen molar-refractivity contribution in [2.75, 3.05) is 0 Å². The smallest absolute Gasteiger partial charge is 0.407 e. The lowest BCUT2D eigenvalue weighted by atomic mass is 10.2. The van der Waals surface area contributed by atoms with Crippen molar-refractivity contribution in [1.29, 1.82) is 0 Å². The van der Waals surface area contributed by atoms with Gasteiger partial charge in [0.25, 0.3) is 0 Å². The maximum atomic E-state index is 12.2. The molecule has 0 aliphatic rings. The Morgan fingerprint density at radius 3 is 1.71 bits per heavy atom. The molecular weight excluding hydrogens is 366 g/mol. The Hall–Kier alpha value is -2.32. The molecule has 0 aromatic heterocycles. The molecule has 0 rings (SSSR count). The van der Waals surface area contributed by atoms with E-state index in [1.165, 1.54) is 13.8 Å². The minimum absolute atomic E-state index is 0.0293. The second kappa shape index (κ2) is 10.3. The molecular formula is C19H35N3O6. The van der Waals surface area contributed by atoms with E-state index in [1.54, 1.807) is 48.5 Å². The molecule has 3 N–H and O–H groups in total. The lowest BCUT2D eigenvalue weighted by Crippen LogP contribution is -2.51. The maximum absolute atomic E-state index is 12.2. The highest BCUT2D eigenvalue weighted by molar-refractivity contribution is 5.90. The van der Waals surface area contributed by atoms with Gasteiger partial charge in [0.05, 0.1) is 0 Å². The summed E-state index contributed by atoms with van der Waals surface area (Å²) in [7, 11) is 0. The van der Waals surface area contributed by atoms with Crippen LogP contribution in [0.25, 0.3) is 0 Å². The predicted octanol–water partition coefficient (Wildman–Crippen LogP) is 1.64. The SMILES string of the molecule is C[C@H](NC(=O)C[C@H](C)NC(=O)OC(C)(C)C)C(=O)N[C@@H](C)C(=O)OC(C)(C)C. The molecule has 0 fully saturated rings. The Labute approximate surface area is 167 Å². The molecule has 0 bridgehead atoms. The highest BCUT2D eigenvalue weighted by atomic mass is 16.6. The number of hydrogen-bond acceptors (Lipinski definition) is 6. The summed E-state index contributed by atoms with van der Waals surface area (Å²) in [5, 5.41) is 7.59. The van der Waals surface area contributed by atoms with Gasteiger partial charge in [-0.25, -0.2) is 9.59 Å². The molecule has 0 aliphatic heterocycles. The van der Waals surface area contributed by atoms with Crippen LogP contribution in [0.15, 0.2) is 0 Å². The number of rotatable bonds is 7. The molecule has 28 heavy (non-hydrogen) atoms. The van der Waals surface area contributed by atoms with Gasteiger partial charge in [0.1, 0.15) is 23.3 Å². The number of hydrogen-bond donors (Lipinski definition) is 3. The number of alkyl carbamates (subject to hydrolysis) is 1. The van der Waals surface area contributed by atoms with E-state index in [9.17, 15) is 19.2 Å². The molecule has 0 aliphatic carbocycles. The average Bonchev–Trinajstić information content (AvgIpc) is 2.42. The summed E-state index contributed by atoms with van der Waals surface area (Å²) in [4.78, 5) is 47.8. The summed E-state index contributed by atoms with van der Waals surface area (Å²) in [6, 6.07) is -2.18. The normalized spacial score (nSPS) is 14.9. The van der Waals surface area contributed by atoms with E-state index in [1.807, 2.05) is 0 Å². The highest BCUT2D eigenvalue weighted by Gasteiger charge is 2.26. The van der Waals surface area contributed by atoms with Gasteiger partial charge in [0.2, 0.25) is 11.8 Å². The Morgan fingerprint density at radius 2 is 1.25 bits per heavy atom. The van der Waals surface area contributed by atoms with E-state index >= 15 is 0 Å². The topological polar surface area (TPSA) is 123 Å². The molecule has 0 unspecified atom stereocenters. The molecule has 3 amide bonds. The van der Waals surface area contributed by atoms with Gasteiger partial charge in [0, 0.05) is 12.5 Å². The van der Waals surface area contributed by atoms with Crippen molar-refractivity contribution >= 4 is 23.9 Å². The maximum Gasteiger partial charge on any atom is 0.407 e. The van der Waals surface area contributed by atoms with Crippen LogP contribution in [0.2, 0.25) is 0 Å². The van der Waals surface area contributed by atoms with E-state index < -0.39 is 53.2 Å². The van der Waals surface area contributed by atoms with Crippen LogP contribution < -0.4 is 16.0 Å². The molecule has 0 saturated carbocycles. The van der Waals surface area contributed by atoms with Crippen molar-refractivity contribution in [3.8, 4) is 0 Å². The minimum atomic E-state index is -0.855. The van der Waals surface area contributed by atoms with Gasteiger partial charge in [-0.3, -0.25) is 9.59 Å². The van der Waals surface area contributed by atoms with Crippen molar-refractivity contribution in [1.82, 2.24) is 16.0 Å². The molecule has 9 nitrogen and oxygen atoms in total. The van der Waals surface area contributed by atoms with Gasteiger partial charge in [-0.15, -0.1) is 0 Å². The first-order valence-electron chi connectivity index (χ1n) is 9.32. The first kappa shape index (κ1) is 25.7. The number of nitrogens with one attached hydrogen (secondary N) is 3. The van der Waals surface area contributed by atoms with E-state index in [0.717, 1.165) is 0 Å². The third-order valence-corrected chi connectivity index (χ3v) is 3.14. The summed E-state index contributed by atoms with van der Waals surface area (Å²) in [6.07, 6.45) is -0.650. The lowest BCUT2D eigenvalue weighted by Gasteiger charge is -2.24. The predicted molar refractivity (Wildman–Crippen MR) is 105 cm³/mol. The molecule has 0 aromatic carbocycles. The van der Waals surface area contributed by atoms with Crippen LogP contribution >= 0.6 is 0 Å². The van der Waals surface area contributed by atoms with E-state index in [4.69, 9.17) is 9.47 Å². The summed E-state index contributed by atoms with van der Waals surface area (Å²) in [6.45, 7) is 15.1. The van der Waals surface area contributed by atoms with Crippen LogP contribution in [0, 0.1) is 0 Å². The standard InChI is InChI=1S/C19H35N3O6/c1-11(20-17(26)28-19(7,8)9)10-14(23)21-12(2)15(24)22-13(3)16(25)27-18(4,5)6/h11-13H,10H2,1-9H3,(H,20,26)(H,21,23)(H,22,24)/t11-,12-,13-/m0/s1. The van der Waals surface area contributed by atoms with Crippen molar-refractivity contribution in [3.63, 3.8) is 0 Å². The number of amides is 3. The summed E-state index contributed by atoms with van der Waals surface area (Å²) in [5.74, 6) is -1.50. The minimum Gasteiger partial charge on any atom is -0.458 e. The Morgan fingerprint density at radius 1 is 0.750 bits per heavy atom. The van der Waals surface area contributed by atoms with E-state index in [0.29, 0.717) is 0 Å². The van der Waals surface area contributed by atoms with Crippen LogP contribution in [0.4, 0.5) is 4.79 Å². The second-order valence-corrected chi connectivity index (χ2v) is 8.80. The summed E-state index contributed by atoms with van der Waals surface area (Å²) in [5.41, 5.74) is -1.29. The molecule has 9 heteroatoms. The number of ether oxygens (including phenoxy) is 2. The van der Waals surface area contributed by atoms with E-state index in [-0.39, 0.29) is 6.42 Å². The zero-order chi connectivity index (χ0) is 22.3. The van der Waals surface area contributed by atoms with Gasteiger partial charge in [-0.2, -0.15) is 0 Å². The van der Waals surface area contributed by atoms with Gasteiger partial charge in [-0.05, 0) is 62.3 Å². The molecule has 162 valence electrons. The Kier molecular flexibility index (Phi) is 9.43. The summed E-state index contributed by atoms with van der Waals surface area (Å²) < 4.78 is 10.3. The molecule has 3 atom stereocenters. The first-order valence-corrected chi connectivity index (χ1v) is 9.32. The van der Waals surface area contributed by atoms with Gasteiger partial charge < -0.3 is 25.4 Å². The van der Waals surface area contributed by atoms with Gasteiger partial charge in [0.15, 0.2) is 0 Å². The third-order valence-electron chi connectivity index (χ3n) is 3.14. The van der Waals surface area contributed by atoms with Crippen LogP contribution in [0.3, 0.4) is 0 Å². The monoisotopic (exact) mass is 401 g/mol. The van der Waals surface area contributed by atoms with Crippen LogP contribution in [-0.4, -0.2) is 53.2 Å². The lowest BCUT2D eigenvalue weighted by molar-refractivity contribution is -0.158. The average molecular weight is 402 g/mol. The van der Waals surface area contributed by atoms with E-state index in [2.05, 4.69) is 16.0 Å². The van der Waals surface area contributed by atoms with Crippen molar-refractivity contribution in [3.05, 3.63) is 0 Å². The van der Waals surface area contributed by atoms with Gasteiger partial charge in [-0.1, -0.05) is 0 Å². The fourth-order valence-corrected chi connectivity index (χ4v) is 1.99. The van der Waals surface area contributed by atoms with Crippen LogP contribution in [0.5, 0.6) is 0 Å². The fourth-order valence-electron chi connectivity index (χ4n) is 1.99.